The van der Waals surface area contributed by atoms with Gasteiger partial charge >= 0.3 is 6.03 Å². The number of hydrazine groups is 2. The zero-order valence-electron chi connectivity index (χ0n) is 23.0. The Kier molecular flexibility index (Phi) is 10.4. The van der Waals surface area contributed by atoms with Gasteiger partial charge < -0.3 is 11.5 Å². The van der Waals surface area contributed by atoms with Gasteiger partial charge in [-0.1, -0.05) is 78.9 Å². The second kappa shape index (κ2) is 13.7. The standard InChI is InChI=1S/C31H39N5O3/c1-31(2,33)21-9-14-29(38)35(3)36(30(32)39)34-27(19-16-23-10-5-4-6-11-23)28(37)20-17-24-15-18-25-12-7-8-13-26(25)22-24/h4-15,18,22,27,34H,16-17,19-21,33H2,1-3H3,(H2,32,39)/b14-9+. The molecule has 3 amide bonds. The molecule has 3 aromatic carbocycles. The van der Waals surface area contributed by atoms with Gasteiger partial charge in [0, 0.05) is 25.1 Å². The highest BCUT2D eigenvalue weighted by Gasteiger charge is 2.27. The van der Waals surface area contributed by atoms with E-state index in [9.17, 15) is 14.4 Å². The van der Waals surface area contributed by atoms with Crippen LogP contribution in [-0.2, 0) is 22.4 Å². The van der Waals surface area contributed by atoms with Crippen molar-refractivity contribution in [2.75, 3.05) is 7.05 Å². The zero-order valence-corrected chi connectivity index (χ0v) is 23.0. The molecule has 1 atom stereocenters. The van der Waals surface area contributed by atoms with Crippen molar-refractivity contribution in [3.8, 4) is 0 Å². The second-order valence-electron chi connectivity index (χ2n) is 10.5. The number of hydrogen-bond donors (Lipinski definition) is 3. The number of primary amides is 1. The van der Waals surface area contributed by atoms with Crippen LogP contribution in [0.4, 0.5) is 4.79 Å². The lowest BCUT2D eigenvalue weighted by Gasteiger charge is -2.33. The molecule has 0 aliphatic carbocycles. The Morgan fingerprint density at radius 3 is 2.26 bits per heavy atom. The van der Waals surface area contributed by atoms with Crippen molar-refractivity contribution in [3.05, 3.63) is 96.1 Å². The molecule has 3 rings (SSSR count). The molecule has 39 heavy (non-hydrogen) atoms. The van der Waals surface area contributed by atoms with Crippen molar-refractivity contribution in [3.63, 3.8) is 0 Å². The maximum absolute atomic E-state index is 13.5. The molecule has 0 saturated carbocycles. The molecule has 0 radical (unpaired) electrons. The number of aryl methyl sites for hydroxylation is 2. The van der Waals surface area contributed by atoms with Crippen LogP contribution in [-0.4, -0.2) is 46.5 Å². The van der Waals surface area contributed by atoms with E-state index in [1.54, 1.807) is 6.08 Å². The van der Waals surface area contributed by atoms with Crippen molar-refractivity contribution in [1.82, 2.24) is 15.6 Å². The van der Waals surface area contributed by atoms with Gasteiger partial charge in [-0.3, -0.25) is 9.59 Å². The van der Waals surface area contributed by atoms with Gasteiger partial charge in [-0.2, -0.15) is 10.5 Å². The quantitative estimate of drug-likeness (QED) is 0.239. The highest BCUT2D eigenvalue weighted by atomic mass is 16.2. The molecule has 5 N–H and O–H groups in total. The van der Waals surface area contributed by atoms with Crippen LogP contribution in [0.15, 0.2) is 84.9 Å². The minimum Gasteiger partial charge on any atom is -0.349 e. The van der Waals surface area contributed by atoms with Crippen LogP contribution >= 0.6 is 0 Å². The van der Waals surface area contributed by atoms with E-state index in [0.717, 1.165) is 32.0 Å². The molecule has 3 aromatic rings. The van der Waals surface area contributed by atoms with Gasteiger partial charge in [0.1, 0.15) is 0 Å². The van der Waals surface area contributed by atoms with Crippen LogP contribution in [0.1, 0.15) is 44.2 Å². The maximum atomic E-state index is 13.5. The molecule has 0 aromatic heterocycles. The van der Waals surface area contributed by atoms with Crippen LogP contribution in [0.2, 0.25) is 0 Å². The summed E-state index contributed by atoms with van der Waals surface area (Å²) in [6, 6.07) is 22.4. The summed E-state index contributed by atoms with van der Waals surface area (Å²) in [6.45, 7) is 3.70. The fourth-order valence-corrected chi connectivity index (χ4v) is 4.20. The van der Waals surface area contributed by atoms with Gasteiger partial charge in [-0.05, 0) is 61.4 Å². The lowest BCUT2D eigenvalue weighted by Crippen LogP contribution is -2.60. The lowest BCUT2D eigenvalue weighted by atomic mass is 9.97. The van der Waals surface area contributed by atoms with Gasteiger partial charge in [-0.25, -0.2) is 9.80 Å². The smallest absolute Gasteiger partial charge is 0.348 e. The molecule has 0 aliphatic heterocycles. The number of hydrogen-bond acceptors (Lipinski definition) is 5. The number of carbonyl (C=O) groups excluding carboxylic acids is 3. The van der Waals surface area contributed by atoms with Gasteiger partial charge in [0.2, 0.25) is 0 Å². The molecule has 0 bridgehead atoms. The predicted molar refractivity (Wildman–Crippen MR) is 155 cm³/mol. The fraction of sp³-hybridized carbons (Fsp3) is 0.323. The molecule has 8 heteroatoms. The molecular formula is C31H39N5O3. The Morgan fingerprint density at radius 2 is 1.59 bits per heavy atom. The lowest BCUT2D eigenvalue weighted by molar-refractivity contribution is -0.142. The van der Waals surface area contributed by atoms with E-state index in [1.807, 2.05) is 68.4 Å². The number of carbonyl (C=O) groups is 3. The van der Waals surface area contributed by atoms with E-state index in [2.05, 4.69) is 23.6 Å². The third kappa shape index (κ3) is 9.35. The van der Waals surface area contributed by atoms with Crippen molar-refractivity contribution < 1.29 is 14.4 Å². The predicted octanol–water partition coefficient (Wildman–Crippen LogP) is 4.29. The number of nitrogens with one attached hydrogen (secondary N) is 1. The summed E-state index contributed by atoms with van der Waals surface area (Å²) in [4.78, 5) is 38.6. The normalized spacial score (nSPS) is 12.4. The first-order valence-electron chi connectivity index (χ1n) is 13.2. The number of fused-ring (bicyclic) bond motifs is 1. The summed E-state index contributed by atoms with van der Waals surface area (Å²) in [5.41, 5.74) is 16.2. The Labute approximate surface area is 230 Å². The first-order chi connectivity index (χ1) is 18.5. The fourth-order valence-electron chi connectivity index (χ4n) is 4.20. The van der Waals surface area contributed by atoms with Gasteiger partial charge in [0.15, 0.2) is 5.78 Å². The van der Waals surface area contributed by atoms with Crippen molar-refractivity contribution >= 4 is 28.5 Å². The van der Waals surface area contributed by atoms with Crippen molar-refractivity contribution in [1.29, 1.82) is 0 Å². The summed E-state index contributed by atoms with van der Waals surface area (Å²) in [5.74, 6) is -0.553. The highest BCUT2D eigenvalue weighted by molar-refractivity contribution is 5.89. The summed E-state index contributed by atoms with van der Waals surface area (Å²) in [5, 5.41) is 4.23. The molecule has 1 unspecified atom stereocenters. The number of amides is 3. The summed E-state index contributed by atoms with van der Waals surface area (Å²) in [6.07, 6.45) is 5.31. The van der Waals surface area contributed by atoms with Crippen LogP contribution in [0.25, 0.3) is 10.8 Å². The maximum Gasteiger partial charge on any atom is 0.348 e. The van der Waals surface area contributed by atoms with E-state index in [4.69, 9.17) is 11.5 Å². The van der Waals surface area contributed by atoms with Gasteiger partial charge in [0.05, 0.1) is 6.04 Å². The number of likely N-dealkylation sites (N-methyl/N-ethyl adjacent to an activating group) is 1. The van der Waals surface area contributed by atoms with E-state index in [1.165, 1.54) is 13.1 Å². The molecule has 0 heterocycles. The zero-order chi connectivity index (χ0) is 28.4. The third-order valence-electron chi connectivity index (χ3n) is 6.44. The summed E-state index contributed by atoms with van der Waals surface area (Å²) >= 11 is 0. The molecule has 0 fully saturated rings. The minimum absolute atomic E-state index is 0.0772. The number of rotatable bonds is 12. The second-order valence-corrected chi connectivity index (χ2v) is 10.5. The van der Waals surface area contributed by atoms with Crippen LogP contribution < -0.4 is 16.9 Å². The monoisotopic (exact) mass is 529 g/mol. The number of benzene rings is 3. The SMILES string of the molecule is CN(C(=O)/C=C/CC(C)(C)N)N(NC(CCc1ccccc1)C(=O)CCc1ccc2ccccc2c1)C(N)=O. The van der Waals surface area contributed by atoms with E-state index in [0.29, 0.717) is 25.7 Å². The summed E-state index contributed by atoms with van der Waals surface area (Å²) < 4.78 is 0. The van der Waals surface area contributed by atoms with Crippen molar-refractivity contribution in [2.45, 2.75) is 57.5 Å². The summed E-state index contributed by atoms with van der Waals surface area (Å²) in [7, 11) is 1.42. The Balaban J connectivity index is 1.73. The molecular weight excluding hydrogens is 490 g/mol. The number of nitrogens with zero attached hydrogens (tertiary/aromatic N) is 2. The molecule has 0 aliphatic rings. The highest BCUT2D eigenvalue weighted by Crippen LogP contribution is 2.18. The van der Waals surface area contributed by atoms with E-state index < -0.39 is 23.5 Å². The van der Waals surface area contributed by atoms with E-state index >= 15 is 0 Å². The average molecular weight is 530 g/mol. The first kappa shape index (κ1) is 29.5. The molecule has 0 saturated heterocycles. The molecule has 0 spiro atoms. The van der Waals surface area contributed by atoms with E-state index in [-0.39, 0.29) is 12.2 Å². The Morgan fingerprint density at radius 1 is 0.923 bits per heavy atom. The third-order valence-corrected chi connectivity index (χ3v) is 6.44. The van der Waals surface area contributed by atoms with Crippen molar-refractivity contribution in [2.24, 2.45) is 11.5 Å². The van der Waals surface area contributed by atoms with Crippen LogP contribution in [0.3, 0.4) is 0 Å². The van der Waals surface area contributed by atoms with Crippen LogP contribution in [0.5, 0.6) is 0 Å². The topological polar surface area (TPSA) is 122 Å². The molecule has 206 valence electrons. The Bertz CT molecular complexity index is 1300. The number of urea groups is 1. The average Bonchev–Trinajstić information content (AvgIpc) is 2.91. The first-order valence-corrected chi connectivity index (χ1v) is 13.2. The largest absolute Gasteiger partial charge is 0.349 e. The van der Waals surface area contributed by atoms with Crippen LogP contribution in [0, 0.1) is 0 Å². The number of Topliss-reactive ketones (excluding diaryl/α,β-unsaturated/α-hetero) is 1. The molecule has 8 nitrogen and oxygen atoms in total. The number of ketones is 1. The number of nitrogens with two attached hydrogens (primary N) is 2. The van der Waals surface area contributed by atoms with Gasteiger partial charge in [-0.15, -0.1) is 0 Å². The Hall–Kier alpha value is -4.01. The van der Waals surface area contributed by atoms with Gasteiger partial charge in [0.25, 0.3) is 5.91 Å². The minimum atomic E-state index is -0.898.